The Morgan fingerprint density at radius 1 is 1.33 bits per heavy atom. The highest BCUT2D eigenvalue weighted by atomic mass is 15.1. The van der Waals surface area contributed by atoms with Crippen LogP contribution in [0.15, 0.2) is 24.7 Å². The summed E-state index contributed by atoms with van der Waals surface area (Å²) in [4.78, 5) is 8.80. The van der Waals surface area contributed by atoms with Crippen molar-refractivity contribution in [3.63, 3.8) is 0 Å². The van der Waals surface area contributed by atoms with Gasteiger partial charge in [0.25, 0.3) is 0 Å². The van der Waals surface area contributed by atoms with Gasteiger partial charge in [0, 0.05) is 31.2 Å². The molecule has 0 aliphatic heterocycles. The number of pyridine rings is 1. The van der Waals surface area contributed by atoms with Crippen LogP contribution in [0.1, 0.15) is 29.8 Å². The highest BCUT2D eigenvalue weighted by molar-refractivity contribution is 5.36. The zero-order valence-corrected chi connectivity index (χ0v) is 10.8. The molecule has 4 nitrogen and oxygen atoms in total. The van der Waals surface area contributed by atoms with Gasteiger partial charge in [-0.25, -0.2) is 9.97 Å². The maximum absolute atomic E-state index is 4.56. The number of nitrogens with one attached hydrogen (secondary N) is 1. The van der Waals surface area contributed by atoms with Crippen LogP contribution in [0.2, 0.25) is 0 Å². The van der Waals surface area contributed by atoms with Gasteiger partial charge in [-0.2, -0.15) is 0 Å². The lowest BCUT2D eigenvalue weighted by molar-refractivity contribution is 0.684. The Kier molecular flexibility index (Phi) is 2.88. The van der Waals surface area contributed by atoms with E-state index in [0.717, 1.165) is 24.2 Å². The summed E-state index contributed by atoms with van der Waals surface area (Å²) in [5, 5.41) is 3.51. The Morgan fingerprint density at radius 3 is 2.78 bits per heavy atom. The fourth-order valence-electron chi connectivity index (χ4n) is 2.13. The highest BCUT2D eigenvalue weighted by Gasteiger charge is 2.20. The first kappa shape index (κ1) is 11.4. The summed E-state index contributed by atoms with van der Waals surface area (Å²) in [5.41, 5.74) is 2.44. The Bertz CT molecular complexity index is 555. The molecule has 0 radical (unpaired) electrons. The maximum Gasteiger partial charge on any atom is 0.140 e. The highest BCUT2D eigenvalue weighted by Crippen LogP contribution is 2.20. The summed E-state index contributed by atoms with van der Waals surface area (Å²) < 4.78 is 2.02. The van der Waals surface area contributed by atoms with Crippen LogP contribution in [0.5, 0.6) is 0 Å². The summed E-state index contributed by atoms with van der Waals surface area (Å²) in [7, 11) is 0. The van der Waals surface area contributed by atoms with Gasteiger partial charge in [-0.05, 0) is 43.9 Å². The van der Waals surface area contributed by atoms with E-state index < -0.39 is 0 Å². The lowest BCUT2D eigenvalue weighted by Gasteiger charge is -2.10. The van der Waals surface area contributed by atoms with Crippen LogP contribution < -0.4 is 5.32 Å². The zero-order valence-electron chi connectivity index (χ0n) is 10.8. The van der Waals surface area contributed by atoms with E-state index in [-0.39, 0.29) is 0 Å². The molecule has 1 saturated carbocycles. The normalized spacial score (nSPS) is 15.0. The topological polar surface area (TPSA) is 42.7 Å². The first-order chi connectivity index (χ1) is 8.74. The molecular weight excluding hydrogens is 224 g/mol. The maximum atomic E-state index is 4.56. The molecule has 1 aliphatic rings. The fourth-order valence-corrected chi connectivity index (χ4v) is 2.13. The first-order valence-corrected chi connectivity index (χ1v) is 6.43. The van der Waals surface area contributed by atoms with Crippen molar-refractivity contribution in [1.29, 1.82) is 0 Å². The third-order valence-corrected chi connectivity index (χ3v) is 3.33. The number of nitrogens with zero attached hydrogens (tertiary/aromatic N) is 3. The van der Waals surface area contributed by atoms with Gasteiger partial charge in [-0.15, -0.1) is 0 Å². The van der Waals surface area contributed by atoms with Crippen LogP contribution in [0.3, 0.4) is 0 Å². The van der Waals surface area contributed by atoms with Crippen LogP contribution in [0, 0.1) is 13.8 Å². The molecule has 94 valence electrons. The van der Waals surface area contributed by atoms with Gasteiger partial charge >= 0.3 is 0 Å². The second-order valence-corrected chi connectivity index (χ2v) is 4.98. The number of imidazole rings is 1. The van der Waals surface area contributed by atoms with Crippen molar-refractivity contribution in [2.75, 3.05) is 0 Å². The number of aryl methyl sites for hydroxylation is 2. The van der Waals surface area contributed by atoms with Crippen molar-refractivity contribution in [1.82, 2.24) is 19.9 Å². The largest absolute Gasteiger partial charge is 0.310 e. The van der Waals surface area contributed by atoms with Gasteiger partial charge in [-0.3, -0.25) is 4.57 Å². The number of rotatable bonds is 4. The van der Waals surface area contributed by atoms with Crippen molar-refractivity contribution in [3.8, 4) is 5.82 Å². The van der Waals surface area contributed by atoms with E-state index in [1.807, 2.05) is 23.9 Å². The molecule has 1 fully saturated rings. The summed E-state index contributed by atoms with van der Waals surface area (Å²) in [6, 6.07) is 2.94. The third kappa shape index (κ3) is 2.29. The van der Waals surface area contributed by atoms with Gasteiger partial charge in [0.2, 0.25) is 0 Å². The van der Waals surface area contributed by atoms with Gasteiger partial charge in [0.1, 0.15) is 11.6 Å². The van der Waals surface area contributed by atoms with E-state index in [1.54, 1.807) is 6.20 Å². The minimum absolute atomic E-state index is 0.737. The molecule has 0 unspecified atom stereocenters. The second-order valence-electron chi connectivity index (χ2n) is 4.98. The quantitative estimate of drug-likeness (QED) is 0.893. The Balaban J connectivity index is 1.82. The average molecular weight is 242 g/mol. The molecular formula is C14H18N4. The molecule has 2 aromatic heterocycles. The summed E-state index contributed by atoms with van der Waals surface area (Å²) in [5.74, 6) is 1.94. The molecule has 0 amide bonds. The van der Waals surface area contributed by atoms with Crippen LogP contribution in [-0.2, 0) is 6.54 Å². The molecule has 0 saturated heterocycles. The molecule has 3 rings (SSSR count). The Labute approximate surface area is 107 Å². The Hall–Kier alpha value is -1.68. The van der Waals surface area contributed by atoms with Crippen molar-refractivity contribution in [3.05, 3.63) is 41.6 Å². The van der Waals surface area contributed by atoms with Crippen LogP contribution in [0.4, 0.5) is 0 Å². The van der Waals surface area contributed by atoms with Crippen LogP contribution in [-0.4, -0.2) is 20.6 Å². The lowest BCUT2D eigenvalue weighted by Crippen LogP contribution is -2.16. The van der Waals surface area contributed by atoms with E-state index in [4.69, 9.17) is 0 Å². The zero-order chi connectivity index (χ0) is 12.5. The molecule has 0 spiro atoms. The first-order valence-electron chi connectivity index (χ1n) is 6.43. The number of aromatic nitrogens is 3. The molecule has 2 heterocycles. The van der Waals surface area contributed by atoms with Crippen LogP contribution in [0.25, 0.3) is 5.82 Å². The van der Waals surface area contributed by atoms with Crippen molar-refractivity contribution in [2.24, 2.45) is 0 Å². The minimum Gasteiger partial charge on any atom is -0.310 e. The van der Waals surface area contributed by atoms with Gasteiger partial charge in [0.15, 0.2) is 0 Å². The van der Waals surface area contributed by atoms with Gasteiger partial charge in [0.05, 0.1) is 0 Å². The number of hydrogen-bond donors (Lipinski definition) is 1. The predicted octanol–water partition coefficient (Wildman–Crippen LogP) is 2.14. The van der Waals surface area contributed by atoms with Gasteiger partial charge < -0.3 is 5.32 Å². The molecule has 1 aliphatic carbocycles. The SMILES string of the molecule is Cc1cc(CNC2CC2)cnc1-n1ccnc1C. The summed E-state index contributed by atoms with van der Waals surface area (Å²) in [6.07, 6.45) is 8.35. The van der Waals surface area contributed by atoms with E-state index >= 15 is 0 Å². The van der Waals surface area contributed by atoms with Crippen molar-refractivity contribution in [2.45, 2.75) is 39.3 Å². The van der Waals surface area contributed by atoms with Crippen LogP contribution >= 0.6 is 0 Å². The molecule has 2 aromatic rings. The molecule has 4 heteroatoms. The smallest absolute Gasteiger partial charge is 0.140 e. The predicted molar refractivity (Wildman–Crippen MR) is 70.7 cm³/mol. The van der Waals surface area contributed by atoms with Crippen molar-refractivity contribution < 1.29 is 0 Å². The summed E-state index contributed by atoms with van der Waals surface area (Å²) >= 11 is 0. The minimum atomic E-state index is 0.737. The average Bonchev–Trinajstić information content (AvgIpc) is 3.09. The molecule has 0 atom stereocenters. The standard InChI is InChI=1S/C14H18N4/c1-10-7-12(8-16-13-3-4-13)9-17-14(10)18-6-5-15-11(18)2/h5-7,9,13,16H,3-4,8H2,1-2H3. The molecule has 18 heavy (non-hydrogen) atoms. The Morgan fingerprint density at radius 2 is 2.17 bits per heavy atom. The van der Waals surface area contributed by atoms with E-state index in [2.05, 4.69) is 28.3 Å². The summed E-state index contributed by atoms with van der Waals surface area (Å²) in [6.45, 7) is 5.01. The molecule has 1 N–H and O–H groups in total. The van der Waals surface area contributed by atoms with E-state index in [0.29, 0.717) is 0 Å². The molecule has 0 aromatic carbocycles. The third-order valence-electron chi connectivity index (χ3n) is 3.33. The van der Waals surface area contributed by atoms with Gasteiger partial charge in [-0.1, -0.05) is 0 Å². The lowest BCUT2D eigenvalue weighted by atomic mass is 10.2. The monoisotopic (exact) mass is 242 g/mol. The second kappa shape index (κ2) is 4.53. The van der Waals surface area contributed by atoms with Crippen molar-refractivity contribution >= 4 is 0 Å². The van der Waals surface area contributed by atoms with E-state index in [1.165, 1.54) is 24.0 Å². The van der Waals surface area contributed by atoms with E-state index in [9.17, 15) is 0 Å². The number of hydrogen-bond acceptors (Lipinski definition) is 3. The fraction of sp³-hybridized carbons (Fsp3) is 0.429. The molecule has 0 bridgehead atoms.